The first-order valence-corrected chi connectivity index (χ1v) is 8.26. The minimum Gasteiger partial charge on any atom is -0.493 e. The van der Waals surface area contributed by atoms with Gasteiger partial charge in [0.2, 0.25) is 0 Å². The number of rotatable bonds is 6. The molecule has 1 N–H and O–H groups in total. The molecule has 20 heavy (non-hydrogen) atoms. The third-order valence-electron chi connectivity index (χ3n) is 3.67. The number of hydrogen-bond donors (Lipinski definition) is 1. The standard InChI is InChI=1S/C16H25BrN2O/c1-19(2)10-4-3-9-18-15-6-5-11-20-16-12-13(17)7-8-14(15)16/h7-8,12,15,18H,3-6,9-11H2,1-2H3. The van der Waals surface area contributed by atoms with E-state index in [-0.39, 0.29) is 0 Å². The quantitative estimate of drug-likeness (QED) is 0.801. The normalized spacial score (nSPS) is 18.5. The highest BCUT2D eigenvalue weighted by Gasteiger charge is 2.19. The van der Waals surface area contributed by atoms with Crippen LogP contribution in [0.3, 0.4) is 0 Å². The van der Waals surface area contributed by atoms with E-state index in [2.05, 4.69) is 58.4 Å². The monoisotopic (exact) mass is 340 g/mol. The second-order valence-corrected chi connectivity index (χ2v) is 6.61. The minimum atomic E-state index is 0.431. The van der Waals surface area contributed by atoms with Crippen LogP contribution in [0.15, 0.2) is 22.7 Å². The Morgan fingerprint density at radius 2 is 2.20 bits per heavy atom. The van der Waals surface area contributed by atoms with Gasteiger partial charge in [-0.15, -0.1) is 0 Å². The lowest BCUT2D eigenvalue weighted by molar-refractivity contribution is 0.315. The first-order valence-electron chi connectivity index (χ1n) is 7.47. The van der Waals surface area contributed by atoms with Gasteiger partial charge in [-0.1, -0.05) is 22.0 Å². The number of unbranched alkanes of at least 4 members (excludes halogenated alkanes) is 1. The highest BCUT2D eigenvalue weighted by Crippen LogP contribution is 2.33. The summed E-state index contributed by atoms with van der Waals surface area (Å²) in [6.45, 7) is 3.06. The van der Waals surface area contributed by atoms with Gasteiger partial charge < -0.3 is 15.0 Å². The maximum atomic E-state index is 5.84. The Morgan fingerprint density at radius 1 is 1.35 bits per heavy atom. The van der Waals surface area contributed by atoms with Gasteiger partial charge in [-0.25, -0.2) is 0 Å². The molecule has 0 aliphatic carbocycles. The number of ether oxygens (including phenoxy) is 1. The van der Waals surface area contributed by atoms with E-state index >= 15 is 0 Å². The number of hydrogen-bond acceptors (Lipinski definition) is 3. The van der Waals surface area contributed by atoms with E-state index in [0.717, 1.165) is 36.2 Å². The van der Waals surface area contributed by atoms with Gasteiger partial charge in [-0.2, -0.15) is 0 Å². The van der Waals surface area contributed by atoms with E-state index in [4.69, 9.17) is 4.74 Å². The molecule has 4 heteroatoms. The lowest BCUT2D eigenvalue weighted by atomic mass is 10.0. The summed E-state index contributed by atoms with van der Waals surface area (Å²) in [6, 6.07) is 6.80. The molecule has 3 nitrogen and oxygen atoms in total. The van der Waals surface area contributed by atoms with Crippen LogP contribution in [-0.4, -0.2) is 38.7 Å². The van der Waals surface area contributed by atoms with Crippen LogP contribution in [0.1, 0.15) is 37.3 Å². The minimum absolute atomic E-state index is 0.431. The molecule has 0 aromatic heterocycles. The molecule has 0 amide bonds. The van der Waals surface area contributed by atoms with E-state index in [1.54, 1.807) is 0 Å². The zero-order chi connectivity index (χ0) is 14.4. The average Bonchev–Trinajstić information content (AvgIpc) is 2.60. The molecular weight excluding hydrogens is 316 g/mol. The summed E-state index contributed by atoms with van der Waals surface area (Å²) in [7, 11) is 4.26. The number of halogens is 1. The molecule has 0 fully saturated rings. The van der Waals surface area contributed by atoms with Crippen LogP contribution in [0, 0.1) is 0 Å². The fraction of sp³-hybridized carbons (Fsp3) is 0.625. The van der Waals surface area contributed by atoms with Crippen molar-refractivity contribution in [1.29, 1.82) is 0 Å². The highest BCUT2D eigenvalue weighted by molar-refractivity contribution is 9.10. The van der Waals surface area contributed by atoms with E-state index in [1.165, 1.54) is 24.9 Å². The maximum absolute atomic E-state index is 5.84. The Kier molecular flexibility index (Phi) is 6.33. The summed E-state index contributed by atoms with van der Waals surface area (Å²) in [6.07, 6.45) is 4.74. The predicted octanol–water partition coefficient (Wildman–Crippen LogP) is 3.59. The molecule has 1 heterocycles. The summed E-state index contributed by atoms with van der Waals surface area (Å²) < 4.78 is 6.93. The number of benzene rings is 1. The smallest absolute Gasteiger partial charge is 0.125 e. The lowest BCUT2D eigenvalue weighted by Crippen LogP contribution is -2.23. The van der Waals surface area contributed by atoms with Crippen LogP contribution in [-0.2, 0) is 0 Å². The Hall–Kier alpha value is -0.580. The molecule has 1 aromatic rings. The molecule has 2 rings (SSSR count). The summed E-state index contributed by atoms with van der Waals surface area (Å²) in [4.78, 5) is 2.24. The van der Waals surface area contributed by atoms with Crippen LogP contribution in [0.5, 0.6) is 5.75 Å². The molecule has 0 saturated carbocycles. The fourth-order valence-corrected chi connectivity index (χ4v) is 2.93. The van der Waals surface area contributed by atoms with Crippen molar-refractivity contribution in [2.45, 2.75) is 31.7 Å². The lowest BCUT2D eigenvalue weighted by Gasteiger charge is -2.19. The zero-order valence-corrected chi connectivity index (χ0v) is 14.1. The Labute approximate surface area is 130 Å². The molecule has 1 aromatic carbocycles. The molecule has 1 aliphatic heterocycles. The van der Waals surface area contributed by atoms with Crippen molar-refractivity contribution in [3.8, 4) is 5.75 Å². The topological polar surface area (TPSA) is 24.5 Å². The average molecular weight is 341 g/mol. The van der Waals surface area contributed by atoms with E-state index < -0.39 is 0 Å². The van der Waals surface area contributed by atoms with Gasteiger partial charge in [0.05, 0.1) is 6.61 Å². The first-order chi connectivity index (χ1) is 9.66. The van der Waals surface area contributed by atoms with Gasteiger partial charge in [-0.05, 0) is 65.0 Å². The van der Waals surface area contributed by atoms with Gasteiger partial charge in [0.25, 0.3) is 0 Å². The second-order valence-electron chi connectivity index (χ2n) is 5.69. The van der Waals surface area contributed by atoms with Crippen molar-refractivity contribution < 1.29 is 4.74 Å². The van der Waals surface area contributed by atoms with Crippen molar-refractivity contribution in [3.05, 3.63) is 28.2 Å². The van der Waals surface area contributed by atoms with Crippen molar-refractivity contribution in [3.63, 3.8) is 0 Å². The van der Waals surface area contributed by atoms with Gasteiger partial charge in [0.15, 0.2) is 0 Å². The molecule has 1 unspecified atom stereocenters. The Bertz CT molecular complexity index is 423. The summed E-state index contributed by atoms with van der Waals surface area (Å²) in [5.41, 5.74) is 1.30. The molecule has 1 atom stereocenters. The van der Waals surface area contributed by atoms with Crippen molar-refractivity contribution >= 4 is 15.9 Å². The summed E-state index contributed by atoms with van der Waals surface area (Å²) >= 11 is 3.52. The van der Waals surface area contributed by atoms with Crippen LogP contribution in [0.25, 0.3) is 0 Å². The van der Waals surface area contributed by atoms with E-state index in [0.29, 0.717) is 6.04 Å². The third-order valence-corrected chi connectivity index (χ3v) is 4.16. The third kappa shape index (κ3) is 4.76. The van der Waals surface area contributed by atoms with Crippen molar-refractivity contribution in [2.24, 2.45) is 0 Å². The van der Waals surface area contributed by atoms with E-state index in [9.17, 15) is 0 Å². The van der Waals surface area contributed by atoms with E-state index in [1.807, 2.05) is 0 Å². The highest BCUT2D eigenvalue weighted by atomic mass is 79.9. The van der Waals surface area contributed by atoms with Gasteiger partial charge in [-0.3, -0.25) is 0 Å². The van der Waals surface area contributed by atoms with Crippen LogP contribution in [0.4, 0.5) is 0 Å². The fourth-order valence-electron chi connectivity index (χ4n) is 2.59. The van der Waals surface area contributed by atoms with Crippen LogP contribution >= 0.6 is 15.9 Å². The Morgan fingerprint density at radius 3 is 3.00 bits per heavy atom. The second kappa shape index (κ2) is 8.01. The van der Waals surface area contributed by atoms with Crippen LogP contribution < -0.4 is 10.1 Å². The zero-order valence-electron chi connectivity index (χ0n) is 12.5. The first kappa shape index (κ1) is 15.8. The van der Waals surface area contributed by atoms with Crippen molar-refractivity contribution in [1.82, 2.24) is 10.2 Å². The summed E-state index contributed by atoms with van der Waals surface area (Å²) in [5, 5.41) is 3.70. The molecule has 1 aliphatic rings. The van der Waals surface area contributed by atoms with Gasteiger partial charge in [0.1, 0.15) is 5.75 Å². The molecular formula is C16H25BrN2O. The number of nitrogens with one attached hydrogen (secondary N) is 1. The predicted molar refractivity (Wildman–Crippen MR) is 87.4 cm³/mol. The molecule has 0 radical (unpaired) electrons. The van der Waals surface area contributed by atoms with Gasteiger partial charge >= 0.3 is 0 Å². The molecule has 0 saturated heterocycles. The SMILES string of the molecule is CN(C)CCCCNC1CCCOc2cc(Br)ccc21. The Balaban J connectivity index is 1.88. The molecule has 0 spiro atoms. The number of fused-ring (bicyclic) bond motifs is 1. The maximum Gasteiger partial charge on any atom is 0.125 e. The summed E-state index contributed by atoms with van der Waals surface area (Å²) in [5.74, 6) is 1.03. The van der Waals surface area contributed by atoms with Crippen molar-refractivity contribution in [2.75, 3.05) is 33.8 Å². The number of nitrogens with zero attached hydrogens (tertiary/aromatic N) is 1. The van der Waals surface area contributed by atoms with Crippen LogP contribution in [0.2, 0.25) is 0 Å². The molecule has 112 valence electrons. The molecule has 0 bridgehead atoms. The van der Waals surface area contributed by atoms with Gasteiger partial charge in [0, 0.05) is 16.1 Å². The largest absolute Gasteiger partial charge is 0.493 e.